The Labute approximate surface area is 106 Å². The van der Waals surface area contributed by atoms with Crippen molar-refractivity contribution in [1.29, 1.82) is 0 Å². The van der Waals surface area contributed by atoms with Gasteiger partial charge in [-0.1, -0.05) is 11.6 Å². The molecule has 2 aromatic heterocycles. The molecule has 5 nitrogen and oxygen atoms in total. The van der Waals surface area contributed by atoms with Crippen LogP contribution in [-0.2, 0) is 11.2 Å². The smallest absolute Gasteiger partial charge is 0.309 e. The van der Waals surface area contributed by atoms with E-state index in [-0.39, 0.29) is 6.42 Å². The van der Waals surface area contributed by atoms with E-state index in [9.17, 15) is 4.79 Å². The van der Waals surface area contributed by atoms with Crippen molar-refractivity contribution in [3.8, 4) is 0 Å². The normalized spacial score (nSPS) is 10.2. The van der Waals surface area contributed by atoms with Crippen molar-refractivity contribution >= 4 is 39.9 Å². The maximum Gasteiger partial charge on any atom is 0.309 e. The summed E-state index contributed by atoms with van der Waals surface area (Å²) in [5, 5.41) is 14.4. The molecule has 0 aliphatic heterocycles. The van der Waals surface area contributed by atoms with Gasteiger partial charge in [0, 0.05) is 16.6 Å². The van der Waals surface area contributed by atoms with E-state index in [1.807, 2.05) is 0 Å². The quantitative estimate of drug-likeness (QED) is 0.892. The molecule has 0 amide bonds. The third-order valence-electron chi connectivity index (χ3n) is 1.84. The SMILES string of the molecule is O=C(O)Cc1csc(Nc2cc(Cl)ccn2)n1. The fourth-order valence-electron chi connectivity index (χ4n) is 1.18. The molecule has 0 aromatic carbocycles. The minimum atomic E-state index is -0.900. The van der Waals surface area contributed by atoms with E-state index < -0.39 is 5.97 Å². The standard InChI is InChI=1S/C10H8ClN3O2S/c11-6-1-2-12-8(3-6)14-10-13-7(5-17-10)4-9(15)16/h1-3,5H,4H2,(H,15,16)(H,12,13,14). The number of hydrogen-bond acceptors (Lipinski definition) is 5. The van der Waals surface area contributed by atoms with Gasteiger partial charge in [-0.2, -0.15) is 0 Å². The highest BCUT2D eigenvalue weighted by molar-refractivity contribution is 7.13. The summed E-state index contributed by atoms with van der Waals surface area (Å²) < 4.78 is 0. The molecular weight excluding hydrogens is 262 g/mol. The second-order valence-corrected chi connectivity index (χ2v) is 4.49. The predicted octanol–water partition coefficient (Wildman–Crippen LogP) is 2.56. The summed E-state index contributed by atoms with van der Waals surface area (Å²) >= 11 is 7.13. The van der Waals surface area contributed by atoms with Gasteiger partial charge < -0.3 is 10.4 Å². The van der Waals surface area contributed by atoms with Gasteiger partial charge in [-0.05, 0) is 12.1 Å². The first-order valence-corrected chi connectivity index (χ1v) is 5.94. The Balaban J connectivity index is 2.08. The van der Waals surface area contributed by atoms with E-state index in [1.54, 1.807) is 23.7 Å². The van der Waals surface area contributed by atoms with E-state index in [0.29, 0.717) is 21.7 Å². The number of anilines is 2. The molecular formula is C10H8ClN3O2S. The zero-order valence-electron chi connectivity index (χ0n) is 8.55. The van der Waals surface area contributed by atoms with Gasteiger partial charge >= 0.3 is 5.97 Å². The van der Waals surface area contributed by atoms with Crippen LogP contribution in [0.2, 0.25) is 5.02 Å². The predicted molar refractivity (Wildman–Crippen MR) is 66.0 cm³/mol. The van der Waals surface area contributed by atoms with Crippen LogP contribution in [0.4, 0.5) is 10.9 Å². The fourth-order valence-corrected chi connectivity index (χ4v) is 2.06. The van der Waals surface area contributed by atoms with Gasteiger partial charge in [0.2, 0.25) is 0 Å². The minimum Gasteiger partial charge on any atom is -0.481 e. The summed E-state index contributed by atoms with van der Waals surface area (Å²) in [7, 11) is 0. The number of nitrogens with one attached hydrogen (secondary N) is 1. The fraction of sp³-hybridized carbons (Fsp3) is 0.100. The third kappa shape index (κ3) is 3.40. The van der Waals surface area contributed by atoms with E-state index in [4.69, 9.17) is 16.7 Å². The Morgan fingerprint density at radius 3 is 3.12 bits per heavy atom. The van der Waals surface area contributed by atoms with Crippen LogP contribution in [0, 0.1) is 0 Å². The Morgan fingerprint density at radius 1 is 1.59 bits per heavy atom. The number of aliphatic carboxylic acids is 1. The summed E-state index contributed by atoms with van der Waals surface area (Å²) in [4.78, 5) is 18.7. The molecule has 2 rings (SSSR count). The monoisotopic (exact) mass is 269 g/mol. The van der Waals surface area contributed by atoms with Gasteiger partial charge in [-0.3, -0.25) is 4.79 Å². The summed E-state index contributed by atoms with van der Waals surface area (Å²) in [5.74, 6) is -0.323. The van der Waals surface area contributed by atoms with Gasteiger partial charge in [0.05, 0.1) is 12.1 Å². The van der Waals surface area contributed by atoms with Crippen LogP contribution < -0.4 is 5.32 Å². The Bertz CT molecular complexity index is 544. The number of aromatic nitrogens is 2. The van der Waals surface area contributed by atoms with Gasteiger partial charge in [0.1, 0.15) is 5.82 Å². The Hall–Kier alpha value is -1.66. The average molecular weight is 270 g/mol. The summed E-state index contributed by atoms with van der Waals surface area (Å²) in [6, 6.07) is 3.34. The third-order valence-corrected chi connectivity index (χ3v) is 2.88. The van der Waals surface area contributed by atoms with Crippen molar-refractivity contribution in [2.75, 3.05) is 5.32 Å². The number of hydrogen-bond donors (Lipinski definition) is 2. The molecule has 0 aliphatic carbocycles. The molecule has 0 radical (unpaired) electrons. The number of pyridine rings is 1. The molecule has 0 fully saturated rings. The van der Waals surface area contributed by atoms with E-state index in [1.165, 1.54) is 11.3 Å². The minimum absolute atomic E-state index is 0.0822. The molecule has 0 bridgehead atoms. The van der Waals surface area contributed by atoms with Crippen LogP contribution >= 0.6 is 22.9 Å². The lowest BCUT2D eigenvalue weighted by Crippen LogP contribution is -2.00. The van der Waals surface area contributed by atoms with Crippen LogP contribution in [0.5, 0.6) is 0 Å². The molecule has 17 heavy (non-hydrogen) atoms. The molecule has 0 saturated heterocycles. The Kier molecular flexibility index (Phi) is 3.55. The van der Waals surface area contributed by atoms with E-state index in [2.05, 4.69) is 15.3 Å². The number of halogens is 1. The number of carboxylic acid groups (broad SMARTS) is 1. The average Bonchev–Trinajstić information content (AvgIpc) is 2.64. The van der Waals surface area contributed by atoms with Crippen molar-refractivity contribution in [3.63, 3.8) is 0 Å². The highest BCUT2D eigenvalue weighted by Gasteiger charge is 2.06. The molecule has 0 saturated carbocycles. The van der Waals surface area contributed by atoms with Crippen LogP contribution in [0.3, 0.4) is 0 Å². The molecule has 0 spiro atoms. The lowest BCUT2D eigenvalue weighted by Gasteiger charge is -2.00. The van der Waals surface area contributed by atoms with Crippen molar-refractivity contribution in [2.45, 2.75) is 6.42 Å². The number of nitrogens with zero attached hydrogens (tertiary/aromatic N) is 2. The molecule has 88 valence electrons. The van der Waals surface area contributed by atoms with Crippen molar-refractivity contribution in [3.05, 3.63) is 34.4 Å². The second-order valence-electron chi connectivity index (χ2n) is 3.20. The number of thiazole rings is 1. The first-order valence-electron chi connectivity index (χ1n) is 4.68. The first kappa shape index (κ1) is 11.8. The van der Waals surface area contributed by atoms with Gasteiger partial charge in [-0.15, -0.1) is 11.3 Å². The topological polar surface area (TPSA) is 75.1 Å². The summed E-state index contributed by atoms with van der Waals surface area (Å²) in [6.07, 6.45) is 1.50. The van der Waals surface area contributed by atoms with Crippen LogP contribution in [0.15, 0.2) is 23.7 Å². The van der Waals surface area contributed by atoms with Crippen LogP contribution in [-0.4, -0.2) is 21.0 Å². The van der Waals surface area contributed by atoms with Gasteiger partial charge in [-0.25, -0.2) is 9.97 Å². The zero-order valence-corrected chi connectivity index (χ0v) is 10.1. The van der Waals surface area contributed by atoms with Crippen molar-refractivity contribution < 1.29 is 9.90 Å². The van der Waals surface area contributed by atoms with E-state index >= 15 is 0 Å². The van der Waals surface area contributed by atoms with Crippen molar-refractivity contribution in [2.24, 2.45) is 0 Å². The number of carboxylic acids is 1. The highest BCUT2D eigenvalue weighted by atomic mass is 35.5. The van der Waals surface area contributed by atoms with Gasteiger partial charge in [0.15, 0.2) is 5.13 Å². The molecule has 2 heterocycles. The molecule has 7 heteroatoms. The first-order chi connectivity index (χ1) is 8.13. The molecule has 2 aromatic rings. The van der Waals surface area contributed by atoms with Crippen LogP contribution in [0.1, 0.15) is 5.69 Å². The maximum absolute atomic E-state index is 10.5. The number of carbonyl (C=O) groups is 1. The zero-order chi connectivity index (χ0) is 12.3. The number of rotatable bonds is 4. The van der Waals surface area contributed by atoms with Crippen molar-refractivity contribution in [1.82, 2.24) is 9.97 Å². The maximum atomic E-state index is 10.5. The Morgan fingerprint density at radius 2 is 2.41 bits per heavy atom. The lowest BCUT2D eigenvalue weighted by atomic mass is 10.3. The molecule has 0 aliphatic rings. The lowest BCUT2D eigenvalue weighted by molar-refractivity contribution is -0.136. The molecule has 0 unspecified atom stereocenters. The molecule has 2 N–H and O–H groups in total. The van der Waals surface area contributed by atoms with Crippen LogP contribution in [0.25, 0.3) is 0 Å². The second kappa shape index (κ2) is 5.11. The summed E-state index contributed by atoms with van der Waals surface area (Å²) in [6.45, 7) is 0. The largest absolute Gasteiger partial charge is 0.481 e. The van der Waals surface area contributed by atoms with E-state index in [0.717, 1.165) is 0 Å². The van der Waals surface area contributed by atoms with Gasteiger partial charge in [0.25, 0.3) is 0 Å². The molecule has 0 atom stereocenters. The summed E-state index contributed by atoms with van der Waals surface area (Å²) in [5.41, 5.74) is 0.520. The highest BCUT2D eigenvalue weighted by Crippen LogP contribution is 2.21.